The quantitative estimate of drug-likeness (QED) is 0.703. The summed E-state index contributed by atoms with van der Waals surface area (Å²) in [4.78, 5) is 1.88. The molecule has 0 aromatic carbocycles. The molecule has 0 atom stereocenters. The van der Waals surface area contributed by atoms with Crippen LogP contribution in [0.4, 0.5) is 8.78 Å². The molecule has 1 rings (SSSR count). The molecule has 0 amide bonds. The molecule has 0 aromatic heterocycles. The maximum absolute atomic E-state index is 12.0. The minimum absolute atomic E-state index is 0.0369. The summed E-state index contributed by atoms with van der Waals surface area (Å²) in [6, 6.07) is 0. The molecule has 15 heavy (non-hydrogen) atoms. The Morgan fingerprint density at radius 2 is 1.60 bits per heavy atom. The maximum atomic E-state index is 12.0. The van der Waals surface area contributed by atoms with E-state index in [2.05, 4.69) is 13.8 Å². The van der Waals surface area contributed by atoms with Crippen molar-refractivity contribution in [3.63, 3.8) is 0 Å². The number of alkyl halides is 2. The van der Waals surface area contributed by atoms with Crippen molar-refractivity contribution in [1.82, 2.24) is 4.90 Å². The third-order valence-corrected chi connectivity index (χ3v) is 2.97. The second-order valence-corrected chi connectivity index (χ2v) is 4.27. The number of rotatable bonds is 3. The van der Waals surface area contributed by atoms with Crippen molar-refractivity contribution >= 4 is 0 Å². The van der Waals surface area contributed by atoms with Gasteiger partial charge in [0.05, 0.1) is 6.54 Å². The molecule has 0 bridgehead atoms. The van der Waals surface area contributed by atoms with Crippen LogP contribution in [0, 0.1) is 11.8 Å². The Bertz CT molecular complexity index is 141. The van der Waals surface area contributed by atoms with Crippen LogP contribution in [0.15, 0.2) is 0 Å². The van der Waals surface area contributed by atoms with E-state index in [0.717, 1.165) is 31.8 Å². The minimum Gasteiger partial charge on any atom is -0.298 e. The van der Waals surface area contributed by atoms with Crippen LogP contribution >= 0.6 is 0 Å². The highest BCUT2D eigenvalue weighted by Crippen LogP contribution is 2.24. The topological polar surface area (TPSA) is 3.24 Å². The second-order valence-electron chi connectivity index (χ2n) is 4.27. The molecule has 1 aliphatic heterocycles. The molecule has 0 aromatic rings. The van der Waals surface area contributed by atoms with E-state index in [4.69, 9.17) is 0 Å². The van der Waals surface area contributed by atoms with E-state index < -0.39 is 6.43 Å². The van der Waals surface area contributed by atoms with Gasteiger partial charge in [0.2, 0.25) is 0 Å². The summed E-state index contributed by atoms with van der Waals surface area (Å²) in [5.41, 5.74) is 0. The first-order valence-electron chi connectivity index (χ1n) is 6.10. The van der Waals surface area contributed by atoms with Gasteiger partial charge in [0.1, 0.15) is 0 Å². The van der Waals surface area contributed by atoms with Crippen LogP contribution in [0.25, 0.3) is 0 Å². The van der Waals surface area contributed by atoms with Crippen molar-refractivity contribution in [2.75, 3.05) is 19.6 Å². The molecule has 92 valence electrons. The first-order chi connectivity index (χ1) is 7.09. The summed E-state index contributed by atoms with van der Waals surface area (Å²) >= 11 is 0. The van der Waals surface area contributed by atoms with E-state index in [1.807, 2.05) is 18.7 Å². The first-order valence-corrected chi connectivity index (χ1v) is 6.10. The van der Waals surface area contributed by atoms with Gasteiger partial charge in [0.15, 0.2) is 0 Å². The fraction of sp³-hybridized carbons (Fsp3) is 1.00. The molecule has 1 saturated heterocycles. The monoisotopic (exact) mass is 221 g/mol. The summed E-state index contributed by atoms with van der Waals surface area (Å²) in [6.45, 7) is 10.1. The lowest BCUT2D eigenvalue weighted by Gasteiger charge is -2.33. The van der Waals surface area contributed by atoms with E-state index in [0.29, 0.717) is 5.92 Å². The average molecular weight is 221 g/mol. The Labute approximate surface area is 92.8 Å². The lowest BCUT2D eigenvalue weighted by Crippen LogP contribution is -2.37. The lowest BCUT2D eigenvalue weighted by molar-refractivity contribution is 0.0634. The Morgan fingerprint density at radius 3 is 1.93 bits per heavy atom. The standard InChI is InChI=1S/C10H19F2N.C2H6/c1-8(2)9-3-5-13(6-4-9)7-10(11)12;1-2/h8-10H,3-7H2,1-2H3;1-2H3. The van der Waals surface area contributed by atoms with Crippen molar-refractivity contribution in [2.45, 2.75) is 47.0 Å². The third kappa shape index (κ3) is 6.08. The molecule has 3 heteroatoms. The van der Waals surface area contributed by atoms with Gasteiger partial charge in [-0.3, -0.25) is 4.90 Å². The van der Waals surface area contributed by atoms with Crippen molar-refractivity contribution < 1.29 is 8.78 Å². The summed E-state index contributed by atoms with van der Waals surface area (Å²) < 4.78 is 24.1. The van der Waals surface area contributed by atoms with Crippen molar-refractivity contribution in [2.24, 2.45) is 11.8 Å². The number of likely N-dealkylation sites (tertiary alicyclic amines) is 1. The summed E-state index contributed by atoms with van der Waals surface area (Å²) in [5, 5.41) is 0. The predicted octanol–water partition coefficient (Wildman–Crippen LogP) is 3.65. The van der Waals surface area contributed by atoms with Crippen molar-refractivity contribution in [3.8, 4) is 0 Å². The molecule has 1 aliphatic rings. The third-order valence-electron chi connectivity index (χ3n) is 2.97. The SMILES string of the molecule is CC.CC(C)C1CCN(CC(F)F)CC1. The molecule has 0 saturated carbocycles. The zero-order valence-electron chi connectivity index (χ0n) is 10.5. The van der Waals surface area contributed by atoms with Gasteiger partial charge in [-0.1, -0.05) is 27.7 Å². The summed E-state index contributed by atoms with van der Waals surface area (Å²) in [7, 11) is 0. The number of hydrogen-bond acceptors (Lipinski definition) is 1. The molecule has 1 heterocycles. The molecular formula is C12H25F2N. The lowest BCUT2D eigenvalue weighted by atomic mass is 9.87. The fourth-order valence-electron chi connectivity index (χ4n) is 2.00. The van der Waals surface area contributed by atoms with Crippen molar-refractivity contribution in [3.05, 3.63) is 0 Å². The zero-order valence-corrected chi connectivity index (χ0v) is 10.5. The highest BCUT2D eigenvalue weighted by molar-refractivity contribution is 4.74. The van der Waals surface area contributed by atoms with Crippen LogP contribution in [0.5, 0.6) is 0 Å². The molecule has 0 N–H and O–H groups in total. The van der Waals surface area contributed by atoms with Gasteiger partial charge in [-0.25, -0.2) is 8.78 Å². The van der Waals surface area contributed by atoms with Gasteiger partial charge >= 0.3 is 0 Å². The van der Waals surface area contributed by atoms with Crippen LogP contribution in [0.3, 0.4) is 0 Å². The second kappa shape index (κ2) is 8.03. The molecule has 1 fully saturated rings. The number of piperidine rings is 1. The van der Waals surface area contributed by atoms with E-state index >= 15 is 0 Å². The van der Waals surface area contributed by atoms with Crippen LogP contribution < -0.4 is 0 Å². The first kappa shape index (κ1) is 14.8. The average Bonchev–Trinajstić information content (AvgIpc) is 2.20. The van der Waals surface area contributed by atoms with E-state index in [-0.39, 0.29) is 6.54 Å². The minimum atomic E-state index is -2.17. The number of halogens is 2. The Hall–Kier alpha value is -0.180. The zero-order chi connectivity index (χ0) is 11.8. The summed E-state index contributed by atoms with van der Waals surface area (Å²) in [6.07, 6.45) is 0.00463. The highest BCUT2D eigenvalue weighted by Gasteiger charge is 2.22. The number of hydrogen-bond donors (Lipinski definition) is 0. The van der Waals surface area contributed by atoms with Gasteiger partial charge < -0.3 is 0 Å². The van der Waals surface area contributed by atoms with Gasteiger partial charge in [-0.05, 0) is 37.8 Å². The fourth-order valence-corrected chi connectivity index (χ4v) is 2.00. The van der Waals surface area contributed by atoms with Gasteiger partial charge in [-0.15, -0.1) is 0 Å². The predicted molar refractivity (Wildman–Crippen MR) is 61.4 cm³/mol. The largest absolute Gasteiger partial charge is 0.298 e. The molecular weight excluding hydrogens is 196 g/mol. The Balaban J connectivity index is 0.000000921. The van der Waals surface area contributed by atoms with Crippen LogP contribution in [0.1, 0.15) is 40.5 Å². The van der Waals surface area contributed by atoms with E-state index in [1.54, 1.807) is 0 Å². The molecule has 0 spiro atoms. The molecule has 0 aliphatic carbocycles. The number of nitrogens with zero attached hydrogens (tertiary/aromatic N) is 1. The van der Waals surface area contributed by atoms with Crippen LogP contribution in [0.2, 0.25) is 0 Å². The Morgan fingerprint density at radius 1 is 1.13 bits per heavy atom. The van der Waals surface area contributed by atoms with Gasteiger partial charge in [0.25, 0.3) is 6.43 Å². The van der Waals surface area contributed by atoms with E-state index in [9.17, 15) is 8.78 Å². The van der Waals surface area contributed by atoms with Crippen LogP contribution in [-0.4, -0.2) is 31.0 Å². The Kier molecular flexibility index (Phi) is 7.93. The van der Waals surface area contributed by atoms with E-state index in [1.165, 1.54) is 0 Å². The van der Waals surface area contributed by atoms with Crippen LogP contribution in [-0.2, 0) is 0 Å². The van der Waals surface area contributed by atoms with Crippen molar-refractivity contribution in [1.29, 1.82) is 0 Å². The van der Waals surface area contributed by atoms with Gasteiger partial charge in [-0.2, -0.15) is 0 Å². The normalized spacial score (nSPS) is 19.2. The molecule has 1 nitrogen and oxygen atoms in total. The highest BCUT2D eigenvalue weighted by atomic mass is 19.3. The molecule has 0 unspecified atom stereocenters. The smallest absolute Gasteiger partial charge is 0.251 e. The maximum Gasteiger partial charge on any atom is 0.251 e. The van der Waals surface area contributed by atoms with Gasteiger partial charge in [0, 0.05) is 0 Å². The molecule has 0 radical (unpaired) electrons. The summed E-state index contributed by atoms with van der Waals surface area (Å²) in [5.74, 6) is 1.45.